The number of hydrogen-bond donors (Lipinski definition) is 1. The van der Waals surface area contributed by atoms with Crippen molar-refractivity contribution in [2.75, 3.05) is 5.32 Å². The molecule has 1 N–H and O–H groups in total. The van der Waals surface area contributed by atoms with Crippen LogP contribution in [0.5, 0.6) is 0 Å². The molecule has 7 nitrogen and oxygen atoms in total. The molecular weight excluding hydrogens is 385 g/mol. The lowest BCUT2D eigenvalue weighted by Crippen LogP contribution is -2.14. The number of halogens is 3. The zero-order valence-electron chi connectivity index (χ0n) is 15.4. The SMILES string of the molecule is Cn1nc(C(F)(F)F)cc1NC(=O)c1ccc2cc(-c3ccnn3C)cnc2c1. The maximum absolute atomic E-state index is 12.8. The number of carbonyl (C=O) groups excluding carboxylic acids is 1. The number of rotatable bonds is 3. The summed E-state index contributed by atoms with van der Waals surface area (Å²) in [4.78, 5) is 16.9. The Balaban J connectivity index is 1.60. The quantitative estimate of drug-likeness (QED) is 0.570. The third-order valence-electron chi connectivity index (χ3n) is 4.47. The molecular formula is C19H15F3N6O. The van der Waals surface area contributed by atoms with Gasteiger partial charge in [-0.15, -0.1) is 0 Å². The van der Waals surface area contributed by atoms with Crippen LogP contribution in [0.25, 0.3) is 22.2 Å². The second-order valence-corrected chi connectivity index (χ2v) is 6.46. The fourth-order valence-electron chi connectivity index (χ4n) is 2.97. The van der Waals surface area contributed by atoms with Crippen LogP contribution >= 0.6 is 0 Å². The van der Waals surface area contributed by atoms with E-state index in [1.165, 1.54) is 7.05 Å². The molecule has 29 heavy (non-hydrogen) atoms. The highest BCUT2D eigenvalue weighted by atomic mass is 19.4. The Morgan fingerprint density at radius 3 is 2.52 bits per heavy atom. The monoisotopic (exact) mass is 400 g/mol. The summed E-state index contributed by atoms with van der Waals surface area (Å²) in [7, 11) is 3.16. The van der Waals surface area contributed by atoms with Crippen molar-refractivity contribution in [3.05, 3.63) is 60.0 Å². The van der Waals surface area contributed by atoms with Crippen LogP contribution in [0.1, 0.15) is 16.1 Å². The van der Waals surface area contributed by atoms with E-state index in [0.29, 0.717) is 5.52 Å². The van der Waals surface area contributed by atoms with Gasteiger partial charge in [-0.3, -0.25) is 19.1 Å². The summed E-state index contributed by atoms with van der Waals surface area (Å²) in [6, 6.07) is 9.50. The van der Waals surface area contributed by atoms with Gasteiger partial charge in [0.2, 0.25) is 0 Å². The topological polar surface area (TPSA) is 77.6 Å². The molecule has 0 spiro atoms. The first-order valence-corrected chi connectivity index (χ1v) is 8.53. The Hall–Kier alpha value is -3.69. The van der Waals surface area contributed by atoms with Gasteiger partial charge in [0.05, 0.1) is 11.2 Å². The minimum atomic E-state index is -4.58. The largest absolute Gasteiger partial charge is 0.435 e. The Morgan fingerprint density at radius 2 is 1.86 bits per heavy atom. The summed E-state index contributed by atoms with van der Waals surface area (Å²) < 4.78 is 41.0. The number of carbonyl (C=O) groups is 1. The van der Waals surface area contributed by atoms with Crippen LogP contribution in [0.2, 0.25) is 0 Å². The van der Waals surface area contributed by atoms with Crippen molar-refractivity contribution in [3.63, 3.8) is 0 Å². The second kappa shape index (κ2) is 6.73. The van der Waals surface area contributed by atoms with Crippen molar-refractivity contribution >= 4 is 22.6 Å². The van der Waals surface area contributed by atoms with E-state index >= 15 is 0 Å². The Labute approximate surface area is 162 Å². The van der Waals surface area contributed by atoms with Crippen LogP contribution in [0.4, 0.5) is 19.0 Å². The Kier molecular flexibility index (Phi) is 4.33. The molecule has 0 radical (unpaired) electrons. The van der Waals surface area contributed by atoms with Gasteiger partial charge in [0.25, 0.3) is 5.91 Å². The van der Waals surface area contributed by atoms with Crippen molar-refractivity contribution in [2.45, 2.75) is 6.18 Å². The van der Waals surface area contributed by atoms with Crippen LogP contribution < -0.4 is 5.32 Å². The molecule has 0 unspecified atom stereocenters. The van der Waals surface area contributed by atoms with Crippen LogP contribution in [-0.2, 0) is 20.3 Å². The lowest BCUT2D eigenvalue weighted by Gasteiger charge is -2.07. The molecule has 3 aromatic heterocycles. The van der Waals surface area contributed by atoms with Crippen LogP contribution in [-0.4, -0.2) is 30.5 Å². The predicted molar refractivity (Wildman–Crippen MR) is 100 cm³/mol. The second-order valence-electron chi connectivity index (χ2n) is 6.46. The highest BCUT2D eigenvalue weighted by Crippen LogP contribution is 2.30. The summed E-state index contributed by atoms with van der Waals surface area (Å²) in [5.74, 6) is -0.608. The third-order valence-corrected chi connectivity index (χ3v) is 4.47. The lowest BCUT2D eigenvalue weighted by molar-refractivity contribution is -0.141. The van der Waals surface area contributed by atoms with Crippen LogP contribution in [0, 0.1) is 0 Å². The molecule has 1 aromatic carbocycles. The molecule has 3 heterocycles. The molecule has 4 rings (SSSR count). The Bertz CT molecular complexity index is 1220. The highest BCUT2D eigenvalue weighted by molar-refractivity contribution is 6.05. The summed E-state index contributed by atoms with van der Waals surface area (Å²) in [6.07, 6.45) is -1.22. The number of benzene rings is 1. The van der Waals surface area contributed by atoms with Gasteiger partial charge in [-0.05, 0) is 24.3 Å². The number of anilines is 1. The predicted octanol–water partition coefficient (Wildman–Crippen LogP) is 3.64. The minimum absolute atomic E-state index is 0.0538. The molecule has 0 aliphatic heterocycles. The number of pyridine rings is 1. The average Bonchev–Trinajstić information content (AvgIpc) is 3.26. The zero-order valence-corrected chi connectivity index (χ0v) is 15.4. The number of aromatic nitrogens is 5. The minimum Gasteiger partial charge on any atom is -0.307 e. The molecule has 0 saturated carbocycles. The van der Waals surface area contributed by atoms with Gasteiger partial charge in [-0.1, -0.05) is 6.07 Å². The zero-order chi connectivity index (χ0) is 20.8. The molecule has 0 aliphatic carbocycles. The number of fused-ring (bicyclic) bond motifs is 1. The number of nitrogens with zero attached hydrogens (tertiary/aromatic N) is 5. The number of aryl methyl sites for hydroxylation is 2. The summed E-state index contributed by atoms with van der Waals surface area (Å²) in [6.45, 7) is 0. The van der Waals surface area contributed by atoms with E-state index in [2.05, 4.69) is 20.5 Å². The van der Waals surface area contributed by atoms with Crippen LogP contribution in [0.15, 0.2) is 48.8 Å². The maximum Gasteiger partial charge on any atom is 0.435 e. The molecule has 1 amide bonds. The fraction of sp³-hybridized carbons (Fsp3) is 0.158. The van der Waals surface area contributed by atoms with Crippen molar-refractivity contribution < 1.29 is 18.0 Å². The summed E-state index contributed by atoms with van der Waals surface area (Å²) in [5.41, 5.74) is 1.57. The molecule has 4 aromatic rings. The number of nitrogens with one attached hydrogen (secondary N) is 1. The first kappa shape index (κ1) is 18.7. The van der Waals surface area contributed by atoms with E-state index in [9.17, 15) is 18.0 Å². The molecule has 148 valence electrons. The molecule has 0 fully saturated rings. The van der Waals surface area contributed by atoms with E-state index in [4.69, 9.17) is 0 Å². The number of alkyl halides is 3. The normalized spacial score (nSPS) is 11.8. The van der Waals surface area contributed by atoms with Gasteiger partial charge in [0, 0.05) is 49.1 Å². The Morgan fingerprint density at radius 1 is 1.07 bits per heavy atom. The standard InChI is InChI=1S/C19H15F3N6O/c1-27-15(5-6-24-27)13-7-11-3-4-12(8-14(11)23-10-13)18(29)25-17-9-16(19(20,21)22)26-28(17)2/h3-10H,1-2H3,(H,25,29). The summed E-state index contributed by atoms with van der Waals surface area (Å²) in [5, 5.41) is 10.8. The van der Waals surface area contributed by atoms with E-state index < -0.39 is 17.8 Å². The van der Waals surface area contributed by atoms with Gasteiger partial charge >= 0.3 is 6.18 Å². The van der Waals surface area contributed by atoms with Gasteiger partial charge in [0.15, 0.2) is 5.69 Å². The van der Waals surface area contributed by atoms with Gasteiger partial charge in [-0.2, -0.15) is 23.4 Å². The average molecular weight is 400 g/mol. The fourth-order valence-corrected chi connectivity index (χ4v) is 2.97. The van der Waals surface area contributed by atoms with Crippen LogP contribution in [0.3, 0.4) is 0 Å². The lowest BCUT2D eigenvalue weighted by atomic mass is 10.1. The molecule has 0 atom stereocenters. The van der Waals surface area contributed by atoms with E-state index in [0.717, 1.165) is 27.4 Å². The highest BCUT2D eigenvalue weighted by Gasteiger charge is 2.34. The van der Waals surface area contributed by atoms with Crippen molar-refractivity contribution in [3.8, 4) is 11.3 Å². The van der Waals surface area contributed by atoms with E-state index in [1.54, 1.807) is 35.3 Å². The maximum atomic E-state index is 12.8. The third kappa shape index (κ3) is 3.56. The molecule has 10 heteroatoms. The smallest absolute Gasteiger partial charge is 0.307 e. The van der Waals surface area contributed by atoms with Crippen molar-refractivity contribution in [1.29, 1.82) is 0 Å². The van der Waals surface area contributed by atoms with Gasteiger partial charge in [-0.25, -0.2) is 0 Å². The molecule has 0 bridgehead atoms. The first-order chi connectivity index (χ1) is 13.7. The molecule has 0 aliphatic rings. The van der Waals surface area contributed by atoms with E-state index in [-0.39, 0.29) is 11.4 Å². The summed E-state index contributed by atoms with van der Waals surface area (Å²) >= 11 is 0. The first-order valence-electron chi connectivity index (χ1n) is 8.53. The van der Waals surface area contributed by atoms with Crippen molar-refractivity contribution in [2.24, 2.45) is 14.1 Å². The van der Waals surface area contributed by atoms with Crippen molar-refractivity contribution in [1.82, 2.24) is 24.5 Å². The van der Waals surface area contributed by atoms with E-state index in [1.807, 2.05) is 19.2 Å². The number of hydrogen-bond acceptors (Lipinski definition) is 4. The number of amides is 1. The van der Waals surface area contributed by atoms with Gasteiger partial charge in [0.1, 0.15) is 5.82 Å². The molecule has 0 saturated heterocycles. The van der Waals surface area contributed by atoms with Gasteiger partial charge < -0.3 is 5.32 Å².